The summed E-state index contributed by atoms with van der Waals surface area (Å²) >= 11 is 0. The molecule has 3 aromatic carbocycles. The number of aromatic amines is 1. The molecule has 1 aliphatic rings. The molecule has 2 heterocycles. The molecule has 0 aliphatic carbocycles. The molecular weight excluding hydrogens is 388 g/mol. The largest absolute Gasteiger partial charge is 0.462 e. The van der Waals surface area contributed by atoms with E-state index in [9.17, 15) is 4.79 Å². The summed E-state index contributed by atoms with van der Waals surface area (Å²) in [6.07, 6.45) is 2.06. The summed E-state index contributed by atoms with van der Waals surface area (Å²) in [5.74, 6) is -0.0747. The minimum atomic E-state index is -0.485. The lowest BCUT2D eigenvalue weighted by molar-refractivity contribution is -0.119. The van der Waals surface area contributed by atoms with Gasteiger partial charge in [-0.15, -0.1) is 0 Å². The van der Waals surface area contributed by atoms with E-state index in [1.165, 1.54) is 6.26 Å². The first kappa shape index (κ1) is 19.0. The molecule has 4 aromatic rings. The third-order valence-electron chi connectivity index (χ3n) is 5.44. The SMILES string of the molecule is O=C(Nc1ccccc1-c1cc2ccccc2[nH]1)C(Cc1ccccc1)C1=COCO1. The second-order valence-corrected chi connectivity index (χ2v) is 7.50. The second-order valence-electron chi connectivity index (χ2n) is 7.50. The summed E-state index contributed by atoms with van der Waals surface area (Å²) in [5.41, 5.74) is 4.75. The summed E-state index contributed by atoms with van der Waals surface area (Å²) in [6, 6.07) is 27.9. The molecule has 1 aliphatic heterocycles. The van der Waals surface area contributed by atoms with Crippen molar-refractivity contribution in [3.63, 3.8) is 0 Å². The molecule has 0 bridgehead atoms. The second kappa shape index (κ2) is 8.40. The highest BCUT2D eigenvalue weighted by Gasteiger charge is 2.28. The monoisotopic (exact) mass is 410 g/mol. The van der Waals surface area contributed by atoms with E-state index in [0.29, 0.717) is 12.2 Å². The van der Waals surface area contributed by atoms with Crippen LogP contribution in [0.2, 0.25) is 0 Å². The van der Waals surface area contributed by atoms with Crippen LogP contribution in [-0.4, -0.2) is 17.7 Å². The van der Waals surface area contributed by atoms with Gasteiger partial charge in [0.1, 0.15) is 17.9 Å². The number of hydrogen-bond acceptors (Lipinski definition) is 3. The Bertz CT molecular complexity index is 1210. The summed E-state index contributed by atoms with van der Waals surface area (Å²) in [4.78, 5) is 16.8. The van der Waals surface area contributed by atoms with Crippen molar-refractivity contribution >= 4 is 22.5 Å². The van der Waals surface area contributed by atoms with Crippen molar-refractivity contribution in [3.8, 4) is 11.3 Å². The Kier molecular flexibility index (Phi) is 5.15. The van der Waals surface area contributed by atoms with Gasteiger partial charge in [-0.1, -0.05) is 66.7 Å². The van der Waals surface area contributed by atoms with Gasteiger partial charge in [-0.2, -0.15) is 0 Å². The van der Waals surface area contributed by atoms with E-state index >= 15 is 0 Å². The highest BCUT2D eigenvalue weighted by molar-refractivity contribution is 5.99. The number of para-hydroxylation sites is 2. The number of nitrogens with one attached hydrogen (secondary N) is 2. The van der Waals surface area contributed by atoms with Gasteiger partial charge in [0.25, 0.3) is 0 Å². The predicted octanol–water partition coefficient (Wildman–Crippen LogP) is 5.48. The maximum atomic E-state index is 13.4. The summed E-state index contributed by atoms with van der Waals surface area (Å²) in [7, 11) is 0. The van der Waals surface area contributed by atoms with Gasteiger partial charge in [0.05, 0.1) is 5.69 Å². The van der Waals surface area contributed by atoms with Crippen LogP contribution in [0.1, 0.15) is 5.56 Å². The Balaban J connectivity index is 1.44. The van der Waals surface area contributed by atoms with Gasteiger partial charge in [0, 0.05) is 22.2 Å². The first-order valence-corrected chi connectivity index (χ1v) is 10.2. The molecule has 5 rings (SSSR count). The van der Waals surface area contributed by atoms with Gasteiger partial charge in [-0.25, -0.2) is 0 Å². The molecule has 0 saturated carbocycles. The number of hydrogen-bond donors (Lipinski definition) is 2. The number of amides is 1. The minimum absolute atomic E-state index is 0.135. The maximum Gasteiger partial charge on any atom is 0.235 e. The number of carbonyl (C=O) groups excluding carboxylic acids is 1. The Hall–Kier alpha value is -3.99. The van der Waals surface area contributed by atoms with Crippen molar-refractivity contribution in [1.29, 1.82) is 0 Å². The van der Waals surface area contributed by atoms with Gasteiger partial charge in [-0.3, -0.25) is 4.79 Å². The van der Waals surface area contributed by atoms with E-state index in [2.05, 4.69) is 22.4 Å². The van der Waals surface area contributed by atoms with Crippen LogP contribution in [0.5, 0.6) is 0 Å². The average molecular weight is 410 g/mol. The number of aromatic nitrogens is 1. The molecule has 31 heavy (non-hydrogen) atoms. The maximum absolute atomic E-state index is 13.4. The van der Waals surface area contributed by atoms with Gasteiger partial charge >= 0.3 is 0 Å². The topological polar surface area (TPSA) is 63.4 Å². The van der Waals surface area contributed by atoms with Gasteiger partial charge < -0.3 is 19.8 Å². The van der Waals surface area contributed by atoms with Crippen LogP contribution in [0.4, 0.5) is 5.69 Å². The minimum Gasteiger partial charge on any atom is -0.462 e. The zero-order valence-electron chi connectivity index (χ0n) is 16.9. The van der Waals surface area contributed by atoms with Crippen LogP contribution in [0.3, 0.4) is 0 Å². The lowest BCUT2D eigenvalue weighted by atomic mass is 9.96. The molecule has 0 fully saturated rings. The van der Waals surface area contributed by atoms with Gasteiger partial charge in [-0.05, 0) is 30.2 Å². The number of carbonyl (C=O) groups is 1. The van der Waals surface area contributed by atoms with Crippen molar-refractivity contribution in [3.05, 3.63) is 103 Å². The van der Waals surface area contributed by atoms with E-state index in [0.717, 1.165) is 33.4 Å². The number of ether oxygens (including phenoxy) is 2. The fraction of sp³-hybridized carbons (Fsp3) is 0.115. The van der Waals surface area contributed by atoms with Gasteiger partial charge in [0.2, 0.25) is 12.7 Å². The summed E-state index contributed by atoms with van der Waals surface area (Å²) < 4.78 is 10.8. The quantitative estimate of drug-likeness (QED) is 0.443. The molecule has 2 N–H and O–H groups in total. The zero-order chi connectivity index (χ0) is 21.0. The predicted molar refractivity (Wildman–Crippen MR) is 121 cm³/mol. The molecule has 1 atom stereocenters. The molecule has 1 unspecified atom stereocenters. The number of fused-ring (bicyclic) bond motifs is 1. The van der Waals surface area contributed by atoms with E-state index < -0.39 is 5.92 Å². The summed E-state index contributed by atoms with van der Waals surface area (Å²) in [5, 5.41) is 4.24. The first-order chi connectivity index (χ1) is 15.3. The average Bonchev–Trinajstić information content (AvgIpc) is 3.48. The van der Waals surface area contributed by atoms with Crippen molar-refractivity contribution in [1.82, 2.24) is 4.98 Å². The Morgan fingerprint density at radius 2 is 1.74 bits per heavy atom. The van der Waals surface area contributed by atoms with Crippen molar-refractivity contribution in [2.75, 3.05) is 12.1 Å². The Labute approximate surface area is 180 Å². The summed E-state index contributed by atoms with van der Waals surface area (Å²) in [6.45, 7) is 0.138. The zero-order valence-corrected chi connectivity index (χ0v) is 16.9. The number of H-pyrrole nitrogens is 1. The van der Waals surface area contributed by atoms with Crippen LogP contribution >= 0.6 is 0 Å². The molecule has 154 valence electrons. The van der Waals surface area contributed by atoms with E-state index in [-0.39, 0.29) is 12.7 Å². The number of rotatable bonds is 6. The van der Waals surface area contributed by atoms with Crippen LogP contribution < -0.4 is 5.32 Å². The normalized spacial score (nSPS) is 13.9. The van der Waals surface area contributed by atoms with Crippen molar-refractivity contribution < 1.29 is 14.3 Å². The van der Waals surface area contributed by atoms with Crippen LogP contribution in [-0.2, 0) is 20.7 Å². The Morgan fingerprint density at radius 1 is 0.968 bits per heavy atom. The molecule has 0 saturated heterocycles. The molecule has 5 nitrogen and oxygen atoms in total. The number of benzene rings is 3. The highest BCUT2D eigenvalue weighted by Crippen LogP contribution is 2.31. The molecule has 1 aromatic heterocycles. The van der Waals surface area contributed by atoms with E-state index in [1.807, 2.05) is 72.8 Å². The van der Waals surface area contributed by atoms with Crippen molar-refractivity contribution in [2.24, 2.45) is 5.92 Å². The van der Waals surface area contributed by atoms with Crippen LogP contribution in [0.25, 0.3) is 22.2 Å². The molecular formula is C26H22N2O3. The first-order valence-electron chi connectivity index (χ1n) is 10.2. The van der Waals surface area contributed by atoms with Crippen molar-refractivity contribution in [2.45, 2.75) is 6.42 Å². The fourth-order valence-electron chi connectivity index (χ4n) is 3.87. The standard InChI is InChI=1S/C26H22N2O3/c29-26(21(25-16-30-17-31-25)14-18-8-2-1-3-9-18)28-23-13-7-5-11-20(23)24-15-19-10-4-6-12-22(19)27-24/h1-13,15-16,21,27H,14,17H2,(H,28,29). The van der Waals surface area contributed by atoms with Gasteiger partial charge in [0.15, 0.2) is 0 Å². The molecule has 0 spiro atoms. The smallest absolute Gasteiger partial charge is 0.235 e. The lowest BCUT2D eigenvalue weighted by Gasteiger charge is -2.18. The fourth-order valence-corrected chi connectivity index (χ4v) is 3.87. The Morgan fingerprint density at radius 3 is 2.55 bits per heavy atom. The van der Waals surface area contributed by atoms with E-state index in [4.69, 9.17) is 9.47 Å². The lowest BCUT2D eigenvalue weighted by Crippen LogP contribution is -2.27. The molecule has 1 amide bonds. The third kappa shape index (κ3) is 4.03. The third-order valence-corrected chi connectivity index (χ3v) is 5.44. The van der Waals surface area contributed by atoms with Crippen LogP contribution in [0.15, 0.2) is 97.0 Å². The van der Waals surface area contributed by atoms with Crippen LogP contribution in [0, 0.1) is 5.92 Å². The number of anilines is 1. The molecule has 0 radical (unpaired) electrons. The molecule has 5 heteroatoms. The highest BCUT2D eigenvalue weighted by atomic mass is 16.7. The van der Waals surface area contributed by atoms with E-state index in [1.54, 1.807) is 0 Å².